The van der Waals surface area contributed by atoms with Crippen molar-refractivity contribution >= 4 is 32.6 Å². The highest BCUT2D eigenvalue weighted by Gasteiger charge is 2.20. The molecule has 4 aromatic rings. The number of carbonyl (C=O) groups excluding carboxylic acids is 1. The molecule has 0 bridgehead atoms. The summed E-state index contributed by atoms with van der Waals surface area (Å²) in [5.74, 6) is 0.0921. The number of thiazole rings is 1. The fourth-order valence-electron chi connectivity index (χ4n) is 3.43. The van der Waals surface area contributed by atoms with Gasteiger partial charge in [0.05, 0.1) is 22.5 Å². The van der Waals surface area contributed by atoms with Crippen LogP contribution in [0.2, 0.25) is 0 Å². The first-order chi connectivity index (χ1) is 14.1. The molecule has 0 spiro atoms. The van der Waals surface area contributed by atoms with Crippen molar-refractivity contribution < 1.29 is 4.79 Å². The third-order valence-electron chi connectivity index (χ3n) is 4.92. The van der Waals surface area contributed by atoms with E-state index in [0.717, 1.165) is 33.2 Å². The summed E-state index contributed by atoms with van der Waals surface area (Å²) >= 11 is 1.56. The van der Waals surface area contributed by atoms with E-state index in [9.17, 15) is 4.79 Å². The molecule has 0 fully saturated rings. The van der Waals surface area contributed by atoms with Crippen molar-refractivity contribution in [3.8, 4) is 0 Å². The highest BCUT2D eigenvalue weighted by atomic mass is 32.1. The summed E-state index contributed by atoms with van der Waals surface area (Å²) in [4.78, 5) is 19.7. The first-order valence-corrected chi connectivity index (χ1v) is 10.6. The second-order valence-electron chi connectivity index (χ2n) is 7.15. The van der Waals surface area contributed by atoms with Gasteiger partial charge in [0.2, 0.25) is 5.91 Å². The topological polar surface area (TPSA) is 51.0 Å². The largest absolute Gasteiger partial charge is 0.286 e. The zero-order valence-electron chi connectivity index (χ0n) is 16.7. The molecule has 4 rings (SSSR count). The number of aryl methyl sites for hydroxylation is 3. The SMILES string of the molecule is Cc1cc(C)n(CCN(C(=O)CCc2ccccc2)c2nc3ccccc3s2)n1. The van der Waals surface area contributed by atoms with Gasteiger partial charge in [-0.3, -0.25) is 14.4 Å². The Morgan fingerprint density at radius 3 is 2.55 bits per heavy atom. The van der Waals surface area contributed by atoms with Crippen molar-refractivity contribution in [1.82, 2.24) is 14.8 Å². The fourth-order valence-corrected chi connectivity index (χ4v) is 4.44. The zero-order valence-corrected chi connectivity index (χ0v) is 17.5. The Morgan fingerprint density at radius 2 is 1.83 bits per heavy atom. The Morgan fingerprint density at radius 1 is 1.07 bits per heavy atom. The summed E-state index contributed by atoms with van der Waals surface area (Å²) in [5, 5.41) is 5.29. The summed E-state index contributed by atoms with van der Waals surface area (Å²) < 4.78 is 3.05. The second-order valence-corrected chi connectivity index (χ2v) is 8.15. The average molecular weight is 405 g/mol. The van der Waals surface area contributed by atoms with Gasteiger partial charge in [0, 0.05) is 18.7 Å². The third kappa shape index (κ3) is 4.54. The van der Waals surface area contributed by atoms with Crippen LogP contribution in [0, 0.1) is 13.8 Å². The van der Waals surface area contributed by atoms with E-state index in [1.54, 1.807) is 11.3 Å². The van der Waals surface area contributed by atoms with Gasteiger partial charge >= 0.3 is 0 Å². The van der Waals surface area contributed by atoms with E-state index < -0.39 is 0 Å². The fraction of sp³-hybridized carbons (Fsp3) is 0.261. The van der Waals surface area contributed by atoms with Gasteiger partial charge < -0.3 is 0 Å². The molecule has 2 aromatic heterocycles. The number of anilines is 1. The molecule has 2 aromatic carbocycles. The van der Waals surface area contributed by atoms with Crippen LogP contribution < -0.4 is 4.90 Å². The van der Waals surface area contributed by atoms with Gasteiger partial charge in [0.1, 0.15) is 0 Å². The molecule has 1 amide bonds. The molecule has 0 aliphatic rings. The molecule has 0 N–H and O–H groups in total. The molecule has 0 saturated carbocycles. The summed E-state index contributed by atoms with van der Waals surface area (Å²) in [6.07, 6.45) is 1.18. The zero-order chi connectivity index (χ0) is 20.2. The molecule has 0 aliphatic heterocycles. The van der Waals surface area contributed by atoms with Crippen molar-refractivity contribution in [1.29, 1.82) is 0 Å². The molecule has 0 radical (unpaired) electrons. The molecular weight excluding hydrogens is 380 g/mol. The lowest BCUT2D eigenvalue weighted by atomic mass is 10.1. The molecule has 0 atom stereocenters. The number of hydrogen-bond donors (Lipinski definition) is 0. The van der Waals surface area contributed by atoms with Gasteiger partial charge in [-0.15, -0.1) is 0 Å². The van der Waals surface area contributed by atoms with Gasteiger partial charge in [0.15, 0.2) is 5.13 Å². The minimum absolute atomic E-state index is 0.0921. The number of nitrogens with zero attached hydrogens (tertiary/aromatic N) is 4. The summed E-state index contributed by atoms with van der Waals surface area (Å²) in [6, 6.07) is 20.2. The normalized spacial score (nSPS) is 11.1. The summed E-state index contributed by atoms with van der Waals surface area (Å²) in [5.41, 5.74) is 4.19. The minimum Gasteiger partial charge on any atom is -0.286 e. The van der Waals surface area contributed by atoms with E-state index in [1.807, 2.05) is 65.9 Å². The van der Waals surface area contributed by atoms with Gasteiger partial charge in [-0.05, 0) is 44.0 Å². The van der Waals surface area contributed by atoms with Crippen LogP contribution >= 0.6 is 11.3 Å². The van der Waals surface area contributed by atoms with Crippen LogP contribution in [0.4, 0.5) is 5.13 Å². The molecule has 0 aliphatic carbocycles. The van der Waals surface area contributed by atoms with E-state index >= 15 is 0 Å². The molecule has 0 saturated heterocycles. The van der Waals surface area contributed by atoms with Gasteiger partial charge in [0.25, 0.3) is 0 Å². The van der Waals surface area contributed by atoms with Crippen molar-refractivity contribution in [3.05, 3.63) is 77.6 Å². The van der Waals surface area contributed by atoms with Crippen LogP contribution in [0.5, 0.6) is 0 Å². The van der Waals surface area contributed by atoms with Crippen LogP contribution in [-0.2, 0) is 17.8 Å². The second kappa shape index (κ2) is 8.57. The number of aromatic nitrogens is 3. The molecule has 5 nitrogen and oxygen atoms in total. The van der Waals surface area contributed by atoms with Crippen molar-refractivity contribution in [3.63, 3.8) is 0 Å². The van der Waals surface area contributed by atoms with E-state index in [-0.39, 0.29) is 5.91 Å². The highest BCUT2D eigenvalue weighted by molar-refractivity contribution is 7.22. The Labute approximate surface area is 174 Å². The van der Waals surface area contributed by atoms with Gasteiger partial charge in [-0.1, -0.05) is 53.8 Å². The molecule has 0 unspecified atom stereocenters. The monoisotopic (exact) mass is 404 g/mol. The van der Waals surface area contributed by atoms with Crippen LogP contribution in [-0.4, -0.2) is 27.2 Å². The number of amides is 1. The first-order valence-electron chi connectivity index (χ1n) is 9.81. The van der Waals surface area contributed by atoms with Gasteiger partial charge in [-0.2, -0.15) is 5.10 Å². The maximum atomic E-state index is 13.2. The van der Waals surface area contributed by atoms with E-state index in [4.69, 9.17) is 4.98 Å². The first kappa shape index (κ1) is 19.3. The number of para-hydroxylation sites is 1. The van der Waals surface area contributed by atoms with Gasteiger partial charge in [-0.25, -0.2) is 4.98 Å². The van der Waals surface area contributed by atoms with Crippen molar-refractivity contribution in [2.24, 2.45) is 0 Å². The number of carbonyl (C=O) groups is 1. The number of hydrogen-bond acceptors (Lipinski definition) is 4. The van der Waals surface area contributed by atoms with Crippen LogP contribution in [0.1, 0.15) is 23.4 Å². The van der Waals surface area contributed by atoms with Crippen molar-refractivity contribution in [2.45, 2.75) is 33.2 Å². The number of rotatable bonds is 7. The maximum absolute atomic E-state index is 13.2. The highest BCUT2D eigenvalue weighted by Crippen LogP contribution is 2.29. The van der Waals surface area contributed by atoms with Crippen molar-refractivity contribution in [2.75, 3.05) is 11.4 Å². The number of benzene rings is 2. The molecule has 2 heterocycles. The van der Waals surface area contributed by atoms with Crippen LogP contribution in [0.25, 0.3) is 10.2 Å². The van der Waals surface area contributed by atoms with E-state index in [1.165, 1.54) is 5.56 Å². The number of fused-ring (bicyclic) bond motifs is 1. The van der Waals surface area contributed by atoms with Crippen LogP contribution in [0.3, 0.4) is 0 Å². The van der Waals surface area contributed by atoms with Crippen LogP contribution in [0.15, 0.2) is 60.7 Å². The van der Waals surface area contributed by atoms with E-state index in [0.29, 0.717) is 19.5 Å². The Kier molecular flexibility index (Phi) is 5.71. The average Bonchev–Trinajstić information content (AvgIpc) is 3.29. The minimum atomic E-state index is 0.0921. The summed E-state index contributed by atoms with van der Waals surface area (Å²) in [7, 11) is 0. The lowest BCUT2D eigenvalue weighted by molar-refractivity contribution is -0.118. The lowest BCUT2D eigenvalue weighted by Gasteiger charge is -2.20. The molecule has 29 heavy (non-hydrogen) atoms. The van der Waals surface area contributed by atoms with E-state index in [2.05, 4.69) is 23.3 Å². The molecule has 6 heteroatoms. The quantitative estimate of drug-likeness (QED) is 0.446. The Bertz CT molecular complexity index is 1080. The maximum Gasteiger partial charge on any atom is 0.229 e. The standard InChI is InChI=1S/C23H24N4OS/c1-17-16-18(2)27(25-17)15-14-26(22(28)13-12-19-8-4-3-5-9-19)23-24-20-10-6-7-11-21(20)29-23/h3-11,16H,12-15H2,1-2H3. The Hall–Kier alpha value is -2.99. The lowest BCUT2D eigenvalue weighted by Crippen LogP contribution is -2.34. The predicted octanol–water partition coefficient (Wildman–Crippen LogP) is 4.78. The smallest absolute Gasteiger partial charge is 0.229 e. The Balaban J connectivity index is 1.55. The summed E-state index contributed by atoms with van der Waals surface area (Å²) in [6.45, 7) is 5.22. The third-order valence-corrected chi connectivity index (χ3v) is 5.98. The molecule has 148 valence electrons. The molecular formula is C23H24N4OS. The predicted molar refractivity (Wildman–Crippen MR) is 118 cm³/mol.